The minimum absolute atomic E-state index is 0.0947. The van der Waals surface area contributed by atoms with E-state index in [1.807, 2.05) is 61.6 Å². The van der Waals surface area contributed by atoms with Gasteiger partial charge in [-0.2, -0.15) is 0 Å². The molecule has 1 unspecified atom stereocenters. The fraction of sp³-hybridized carbons (Fsp3) is 0.333. The van der Waals surface area contributed by atoms with Crippen molar-refractivity contribution in [2.24, 2.45) is 5.92 Å². The van der Waals surface area contributed by atoms with Crippen molar-refractivity contribution in [1.29, 1.82) is 0 Å². The van der Waals surface area contributed by atoms with Crippen LogP contribution < -0.4 is 0 Å². The van der Waals surface area contributed by atoms with Crippen molar-refractivity contribution in [1.82, 2.24) is 0 Å². The molecule has 0 bridgehead atoms. The van der Waals surface area contributed by atoms with Crippen LogP contribution in [0.25, 0.3) is 0 Å². The van der Waals surface area contributed by atoms with Crippen LogP contribution in [0.5, 0.6) is 0 Å². The summed E-state index contributed by atoms with van der Waals surface area (Å²) < 4.78 is 5.71. The molecular weight excluding hydrogens is 320 g/mol. The van der Waals surface area contributed by atoms with Gasteiger partial charge in [-0.25, -0.2) is 0 Å². The minimum atomic E-state index is 0.0947. The van der Waals surface area contributed by atoms with Gasteiger partial charge in [-0.1, -0.05) is 74.3 Å². The molecule has 142 valence electrons. The van der Waals surface area contributed by atoms with Gasteiger partial charge in [-0.05, 0) is 43.9 Å². The van der Waals surface area contributed by atoms with Gasteiger partial charge in [-0.15, -0.1) is 6.58 Å². The Morgan fingerprint density at radius 1 is 1.00 bits per heavy atom. The maximum atomic E-state index is 8.60. The molecular formula is C24H34O2. The van der Waals surface area contributed by atoms with Gasteiger partial charge in [0.05, 0.1) is 13.2 Å². The second kappa shape index (κ2) is 17.5. The second-order valence-corrected chi connectivity index (χ2v) is 5.88. The molecule has 0 heterocycles. The molecule has 26 heavy (non-hydrogen) atoms. The van der Waals surface area contributed by atoms with Gasteiger partial charge >= 0.3 is 0 Å². The fourth-order valence-corrected chi connectivity index (χ4v) is 1.79. The van der Waals surface area contributed by atoms with Crippen LogP contribution in [0.15, 0.2) is 97.4 Å². The number of hydrogen-bond donors (Lipinski definition) is 1. The zero-order valence-electron chi connectivity index (χ0n) is 16.3. The summed E-state index contributed by atoms with van der Waals surface area (Å²) in [5.41, 5.74) is 0.924. The van der Waals surface area contributed by atoms with Crippen molar-refractivity contribution in [3.05, 3.63) is 97.4 Å². The Morgan fingerprint density at radius 2 is 1.65 bits per heavy atom. The third-order valence-corrected chi connectivity index (χ3v) is 3.45. The van der Waals surface area contributed by atoms with Crippen LogP contribution in [0.2, 0.25) is 0 Å². The first kappa shape index (κ1) is 23.7. The molecule has 0 saturated carbocycles. The summed E-state index contributed by atoms with van der Waals surface area (Å²) in [4.78, 5) is 0. The highest BCUT2D eigenvalue weighted by Crippen LogP contribution is 2.07. The first-order valence-corrected chi connectivity index (χ1v) is 9.18. The number of hydrogen-bond acceptors (Lipinski definition) is 2. The van der Waals surface area contributed by atoms with Gasteiger partial charge in [0.25, 0.3) is 0 Å². The van der Waals surface area contributed by atoms with Crippen molar-refractivity contribution in [3.63, 3.8) is 0 Å². The highest BCUT2D eigenvalue weighted by atomic mass is 16.5. The molecule has 2 heteroatoms. The molecule has 0 aromatic carbocycles. The average Bonchev–Trinajstić information content (AvgIpc) is 2.65. The molecule has 0 amide bonds. The topological polar surface area (TPSA) is 29.5 Å². The van der Waals surface area contributed by atoms with Gasteiger partial charge in [0.15, 0.2) is 0 Å². The van der Waals surface area contributed by atoms with Crippen molar-refractivity contribution in [2.45, 2.75) is 33.1 Å². The lowest BCUT2D eigenvalue weighted by Crippen LogP contribution is -2.01. The van der Waals surface area contributed by atoms with Crippen LogP contribution >= 0.6 is 0 Å². The molecule has 1 N–H and O–H groups in total. The molecule has 0 radical (unpaired) electrons. The predicted molar refractivity (Wildman–Crippen MR) is 115 cm³/mol. The van der Waals surface area contributed by atoms with E-state index in [0.29, 0.717) is 12.5 Å². The Labute approximate surface area is 160 Å². The number of ether oxygens (including phenoxy) is 1. The summed E-state index contributed by atoms with van der Waals surface area (Å²) in [6, 6.07) is 0. The summed E-state index contributed by atoms with van der Waals surface area (Å²) >= 11 is 0. The van der Waals surface area contributed by atoms with Crippen LogP contribution in [0.4, 0.5) is 0 Å². The number of aliphatic hydroxyl groups excluding tert-OH is 1. The first-order valence-electron chi connectivity index (χ1n) is 9.18. The fourth-order valence-electron chi connectivity index (χ4n) is 1.79. The molecule has 0 aliphatic carbocycles. The Balaban J connectivity index is 4.05. The molecule has 0 rings (SSSR count). The normalized spacial score (nSPS) is 14.3. The van der Waals surface area contributed by atoms with Gasteiger partial charge in [0.2, 0.25) is 0 Å². The molecule has 1 atom stereocenters. The van der Waals surface area contributed by atoms with Crippen molar-refractivity contribution in [2.75, 3.05) is 13.2 Å². The summed E-state index contributed by atoms with van der Waals surface area (Å²) in [5, 5.41) is 8.60. The second-order valence-electron chi connectivity index (χ2n) is 5.88. The maximum Gasteiger partial charge on any atom is 0.115 e. The Kier molecular flexibility index (Phi) is 15.9. The van der Waals surface area contributed by atoms with Crippen LogP contribution in [0, 0.1) is 5.92 Å². The third kappa shape index (κ3) is 15.2. The Bertz CT molecular complexity index is 557. The largest absolute Gasteiger partial charge is 0.493 e. The van der Waals surface area contributed by atoms with Crippen molar-refractivity contribution >= 4 is 0 Å². The summed E-state index contributed by atoms with van der Waals surface area (Å²) in [6.45, 7) is 12.5. The number of allylic oxidation sites excluding steroid dienone is 11. The molecule has 0 aromatic rings. The van der Waals surface area contributed by atoms with Crippen molar-refractivity contribution < 1.29 is 9.84 Å². The van der Waals surface area contributed by atoms with Gasteiger partial charge in [-0.3, -0.25) is 0 Å². The van der Waals surface area contributed by atoms with E-state index in [1.54, 1.807) is 6.08 Å². The number of rotatable bonds is 14. The molecule has 0 spiro atoms. The lowest BCUT2D eigenvalue weighted by atomic mass is 10.2. The summed E-state index contributed by atoms with van der Waals surface area (Å²) in [7, 11) is 0. The lowest BCUT2D eigenvalue weighted by Gasteiger charge is -2.09. The Hall–Kier alpha value is -2.32. The van der Waals surface area contributed by atoms with Gasteiger partial charge < -0.3 is 9.84 Å². The molecule has 0 fully saturated rings. The van der Waals surface area contributed by atoms with Crippen LogP contribution in [-0.4, -0.2) is 18.3 Å². The summed E-state index contributed by atoms with van der Waals surface area (Å²) in [6.07, 6.45) is 26.7. The first-order chi connectivity index (χ1) is 12.6. The zero-order valence-corrected chi connectivity index (χ0v) is 16.3. The van der Waals surface area contributed by atoms with E-state index < -0.39 is 0 Å². The standard InChI is InChI=1S/C24H34O2/c1-5-22(3)21-26-24(6-2)19-18-23(4)17-15-13-11-9-7-8-10-12-14-16-20-25/h5-6,10-19,22,25H,1,4,7-9,20-21H2,2-3H3/b12-10+,13-11+,16-14+,17-15+,19-18-,24-6+. The van der Waals surface area contributed by atoms with E-state index in [9.17, 15) is 0 Å². The zero-order chi connectivity index (χ0) is 19.5. The average molecular weight is 355 g/mol. The minimum Gasteiger partial charge on any atom is -0.493 e. The molecule has 0 aliphatic heterocycles. The highest BCUT2D eigenvalue weighted by Gasteiger charge is 1.97. The molecule has 0 saturated heterocycles. The molecule has 0 aromatic heterocycles. The maximum absolute atomic E-state index is 8.60. The SMILES string of the molecule is C=CC(C)COC(/C=C\C(=C)/C=C/C=C/CCC/C=C/C=C/CO)=C/C. The van der Waals surface area contributed by atoms with Crippen molar-refractivity contribution in [3.8, 4) is 0 Å². The molecule has 2 nitrogen and oxygen atoms in total. The smallest absolute Gasteiger partial charge is 0.115 e. The van der Waals surface area contributed by atoms with Crippen LogP contribution in [0.1, 0.15) is 33.1 Å². The quantitative estimate of drug-likeness (QED) is 0.173. The van der Waals surface area contributed by atoms with Gasteiger partial charge in [0.1, 0.15) is 5.76 Å². The number of unbranched alkanes of at least 4 members (excludes halogenated alkanes) is 2. The lowest BCUT2D eigenvalue weighted by molar-refractivity contribution is 0.200. The highest BCUT2D eigenvalue weighted by molar-refractivity contribution is 5.32. The van der Waals surface area contributed by atoms with E-state index in [4.69, 9.17) is 9.84 Å². The van der Waals surface area contributed by atoms with Gasteiger partial charge in [0, 0.05) is 5.92 Å². The van der Waals surface area contributed by atoms with E-state index in [1.165, 1.54) is 0 Å². The summed E-state index contributed by atoms with van der Waals surface area (Å²) in [5.74, 6) is 1.17. The monoisotopic (exact) mass is 354 g/mol. The van der Waals surface area contributed by atoms with Crippen LogP contribution in [-0.2, 0) is 4.74 Å². The van der Waals surface area contributed by atoms with E-state index in [-0.39, 0.29) is 6.61 Å². The predicted octanol–water partition coefficient (Wildman–Crippen LogP) is 6.23. The van der Waals surface area contributed by atoms with E-state index in [0.717, 1.165) is 30.6 Å². The Morgan fingerprint density at radius 3 is 2.27 bits per heavy atom. The molecule has 0 aliphatic rings. The third-order valence-electron chi connectivity index (χ3n) is 3.45. The van der Waals surface area contributed by atoms with E-state index in [2.05, 4.69) is 32.2 Å². The number of aliphatic hydroxyl groups is 1. The van der Waals surface area contributed by atoms with E-state index >= 15 is 0 Å². The van der Waals surface area contributed by atoms with Crippen LogP contribution in [0.3, 0.4) is 0 Å².